The van der Waals surface area contributed by atoms with Crippen molar-refractivity contribution in [3.05, 3.63) is 29.6 Å². The first-order valence-electron chi connectivity index (χ1n) is 3.87. The third-order valence-corrected chi connectivity index (χ3v) is 1.22. The molecule has 0 bridgehead atoms. The van der Waals surface area contributed by atoms with Crippen LogP contribution < -0.4 is 5.48 Å². The van der Waals surface area contributed by atoms with Crippen LogP contribution in [0.5, 0.6) is 0 Å². The number of nitrogens with one attached hydrogen (secondary N) is 1. The smallest absolute Gasteiger partial charge is 0.148 e. The fourth-order valence-electron chi connectivity index (χ4n) is 0.681. The van der Waals surface area contributed by atoms with Gasteiger partial charge in [0.25, 0.3) is 0 Å². The van der Waals surface area contributed by atoms with Gasteiger partial charge in [-0.2, -0.15) is 5.26 Å². The van der Waals surface area contributed by atoms with Crippen LogP contribution in [-0.2, 0) is 0 Å². The monoisotopic (exact) mass is 182 g/mol. The highest BCUT2D eigenvalue weighted by molar-refractivity contribution is 5.48. The van der Waals surface area contributed by atoms with Crippen molar-refractivity contribution in [3.8, 4) is 6.07 Å². The normalized spacial score (nSPS) is 7.92. The maximum atomic E-state index is 12.6. The van der Waals surface area contributed by atoms with Gasteiger partial charge >= 0.3 is 0 Å². The fourth-order valence-corrected chi connectivity index (χ4v) is 0.681. The van der Waals surface area contributed by atoms with E-state index in [2.05, 4.69) is 0 Å². The number of benzene rings is 1. The second-order valence-electron chi connectivity index (χ2n) is 1.92. The molecule has 70 valence electrons. The van der Waals surface area contributed by atoms with Gasteiger partial charge in [0.1, 0.15) is 5.82 Å². The van der Waals surface area contributed by atoms with Crippen molar-refractivity contribution in [2.75, 3.05) is 5.48 Å². The molecule has 0 amide bonds. The van der Waals surface area contributed by atoms with Crippen LogP contribution in [0.4, 0.5) is 10.1 Å². The number of anilines is 1. The fraction of sp³-hybridized carbons (Fsp3) is 0.222. The van der Waals surface area contributed by atoms with Crippen molar-refractivity contribution in [2.24, 2.45) is 0 Å². The molecule has 4 heteroatoms. The number of hydrogen-bond acceptors (Lipinski definition) is 3. The molecule has 3 nitrogen and oxygen atoms in total. The molecular formula is C9H11FN2O. The lowest BCUT2D eigenvalue weighted by atomic mass is 10.2. The molecule has 1 rings (SSSR count). The molecule has 0 aliphatic rings. The van der Waals surface area contributed by atoms with Crippen LogP contribution in [0.15, 0.2) is 18.2 Å². The molecule has 0 fully saturated rings. The first kappa shape index (κ1) is 11.4. The van der Waals surface area contributed by atoms with Crippen LogP contribution in [0.3, 0.4) is 0 Å². The van der Waals surface area contributed by atoms with E-state index in [4.69, 9.17) is 10.5 Å². The average Bonchev–Trinajstić information content (AvgIpc) is 2.22. The SMILES string of the molecule is CC.N#Cc1ccc(F)c(NO)c1. The number of nitriles is 1. The van der Waals surface area contributed by atoms with Gasteiger partial charge in [-0.15, -0.1) is 0 Å². The topological polar surface area (TPSA) is 56.0 Å². The summed E-state index contributed by atoms with van der Waals surface area (Å²) in [7, 11) is 0. The largest absolute Gasteiger partial charge is 0.291 e. The molecule has 1 aromatic carbocycles. The first-order valence-corrected chi connectivity index (χ1v) is 3.87. The van der Waals surface area contributed by atoms with E-state index in [9.17, 15) is 4.39 Å². The summed E-state index contributed by atoms with van der Waals surface area (Å²) in [5.41, 5.74) is 1.84. The minimum atomic E-state index is -0.591. The van der Waals surface area contributed by atoms with Crippen LogP contribution in [0, 0.1) is 17.1 Å². The summed E-state index contributed by atoms with van der Waals surface area (Å²) in [6.07, 6.45) is 0. The molecule has 0 unspecified atom stereocenters. The van der Waals surface area contributed by atoms with E-state index in [1.165, 1.54) is 12.1 Å². The van der Waals surface area contributed by atoms with Gasteiger partial charge in [-0.05, 0) is 18.2 Å². The van der Waals surface area contributed by atoms with Crippen LogP contribution in [-0.4, -0.2) is 5.21 Å². The molecule has 2 N–H and O–H groups in total. The van der Waals surface area contributed by atoms with Gasteiger partial charge in [0.2, 0.25) is 0 Å². The summed E-state index contributed by atoms with van der Waals surface area (Å²) < 4.78 is 12.6. The van der Waals surface area contributed by atoms with Crippen molar-refractivity contribution < 1.29 is 9.60 Å². The van der Waals surface area contributed by atoms with E-state index >= 15 is 0 Å². The third-order valence-electron chi connectivity index (χ3n) is 1.22. The molecule has 0 aromatic heterocycles. The molecule has 0 atom stereocenters. The average molecular weight is 182 g/mol. The molecule has 0 saturated heterocycles. The maximum Gasteiger partial charge on any atom is 0.148 e. The molecular weight excluding hydrogens is 171 g/mol. The Kier molecular flexibility index (Phi) is 5.24. The predicted molar refractivity (Wildman–Crippen MR) is 47.9 cm³/mol. The zero-order valence-electron chi connectivity index (χ0n) is 7.50. The third kappa shape index (κ3) is 3.09. The summed E-state index contributed by atoms with van der Waals surface area (Å²) in [5.74, 6) is -0.591. The van der Waals surface area contributed by atoms with Gasteiger partial charge in [-0.25, -0.2) is 4.39 Å². The standard InChI is InChI=1S/C7H5FN2O.C2H6/c8-6-2-1-5(4-9)3-7(6)10-11;1-2/h1-3,10-11H;1-2H3. The van der Waals surface area contributed by atoms with E-state index in [0.29, 0.717) is 5.56 Å². The number of halogens is 1. The molecule has 0 aliphatic heterocycles. The van der Waals surface area contributed by atoms with Crippen LogP contribution in [0.1, 0.15) is 19.4 Å². The highest BCUT2D eigenvalue weighted by atomic mass is 19.1. The van der Waals surface area contributed by atoms with Crippen molar-refractivity contribution in [2.45, 2.75) is 13.8 Å². The van der Waals surface area contributed by atoms with Gasteiger partial charge in [0.05, 0.1) is 17.3 Å². The Hall–Kier alpha value is -1.60. The van der Waals surface area contributed by atoms with E-state index in [-0.39, 0.29) is 5.69 Å². The van der Waals surface area contributed by atoms with Crippen LogP contribution in [0.25, 0.3) is 0 Å². The Morgan fingerprint density at radius 1 is 1.46 bits per heavy atom. The molecule has 0 radical (unpaired) electrons. The molecule has 13 heavy (non-hydrogen) atoms. The molecule has 0 aliphatic carbocycles. The van der Waals surface area contributed by atoms with Crippen molar-refractivity contribution in [1.82, 2.24) is 0 Å². The molecule has 0 spiro atoms. The highest BCUT2D eigenvalue weighted by Crippen LogP contribution is 2.14. The predicted octanol–water partition coefficient (Wildman–Crippen LogP) is 2.52. The lowest BCUT2D eigenvalue weighted by Crippen LogP contribution is -1.93. The van der Waals surface area contributed by atoms with E-state index in [0.717, 1.165) is 6.07 Å². The minimum Gasteiger partial charge on any atom is -0.291 e. The minimum absolute atomic E-state index is 0.0935. The molecule has 1 aromatic rings. The molecule has 0 heterocycles. The van der Waals surface area contributed by atoms with E-state index < -0.39 is 5.82 Å². The van der Waals surface area contributed by atoms with Crippen molar-refractivity contribution in [3.63, 3.8) is 0 Å². The quantitative estimate of drug-likeness (QED) is 0.656. The van der Waals surface area contributed by atoms with Crippen molar-refractivity contribution >= 4 is 5.69 Å². The zero-order chi connectivity index (χ0) is 10.3. The molecule has 0 saturated carbocycles. The van der Waals surface area contributed by atoms with Gasteiger partial charge < -0.3 is 0 Å². The van der Waals surface area contributed by atoms with Crippen molar-refractivity contribution in [1.29, 1.82) is 5.26 Å². The second kappa shape index (κ2) is 5.98. The Bertz CT molecular complexity index is 307. The Morgan fingerprint density at radius 2 is 2.08 bits per heavy atom. The van der Waals surface area contributed by atoms with Crippen LogP contribution in [0.2, 0.25) is 0 Å². The van der Waals surface area contributed by atoms with Crippen LogP contribution >= 0.6 is 0 Å². The number of rotatable bonds is 1. The summed E-state index contributed by atoms with van der Waals surface area (Å²) >= 11 is 0. The summed E-state index contributed by atoms with van der Waals surface area (Å²) in [4.78, 5) is 0. The Morgan fingerprint density at radius 3 is 2.54 bits per heavy atom. The van der Waals surface area contributed by atoms with E-state index in [1.807, 2.05) is 19.9 Å². The lowest BCUT2D eigenvalue weighted by Gasteiger charge is -1.99. The summed E-state index contributed by atoms with van der Waals surface area (Å²) in [6.45, 7) is 4.00. The number of hydrogen-bond donors (Lipinski definition) is 2. The first-order chi connectivity index (χ1) is 6.27. The second-order valence-corrected chi connectivity index (χ2v) is 1.92. The zero-order valence-corrected chi connectivity index (χ0v) is 7.50. The van der Waals surface area contributed by atoms with E-state index in [1.54, 1.807) is 5.48 Å². The summed E-state index contributed by atoms with van der Waals surface area (Å²) in [6, 6.07) is 5.47. The lowest BCUT2D eigenvalue weighted by molar-refractivity contribution is 0.384. The van der Waals surface area contributed by atoms with Gasteiger partial charge in [-0.1, -0.05) is 13.8 Å². The highest BCUT2D eigenvalue weighted by Gasteiger charge is 2.00. The number of nitrogens with zero attached hydrogens (tertiary/aromatic N) is 1. The van der Waals surface area contributed by atoms with Gasteiger partial charge in [0.15, 0.2) is 0 Å². The summed E-state index contributed by atoms with van der Waals surface area (Å²) in [5, 5.41) is 16.7. The Balaban J connectivity index is 0.000000671. The maximum absolute atomic E-state index is 12.6. The van der Waals surface area contributed by atoms with Gasteiger partial charge in [-0.3, -0.25) is 10.7 Å². The van der Waals surface area contributed by atoms with Gasteiger partial charge in [0, 0.05) is 0 Å². The Labute approximate surface area is 76.4 Å².